The number of rotatable bonds is 5. The maximum Gasteiger partial charge on any atom is 0.139 e. The van der Waals surface area contributed by atoms with Crippen LogP contribution < -0.4 is 14.4 Å². The summed E-state index contributed by atoms with van der Waals surface area (Å²) in [7, 11) is 3.21. The van der Waals surface area contributed by atoms with Gasteiger partial charge in [0.05, 0.1) is 32.0 Å². The van der Waals surface area contributed by atoms with Gasteiger partial charge in [0.15, 0.2) is 0 Å². The Kier molecular flexibility index (Phi) is 5.22. The molecule has 30 heavy (non-hydrogen) atoms. The summed E-state index contributed by atoms with van der Waals surface area (Å²) < 4.78 is 10.8. The Bertz CT molecular complexity index is 1170. The molecule has 0 aliphatic carbocycles. The molecule has 2 aromatic carbocycles. The topological polar surface area (TPSA) is 78.7 Å². The van der Waals surface area contributed by atoms with E-state index in [-0.39, 0.29) is 18.1 Å². The summed E-state index contributed by atoms with van der Waals surface area (Å²) >= 11 is 1.40. The Morgan fingerprint density at radius 3 is 2.67 bits per heavy atom. The van der Waals surface area contributed by atoms with Gasteiger partial charge in [-0.2, -0.15) is 0 Å². The van der Waals surface area contributed by atoms with Crippen LogP contribution in [0.15, 0.2) is 47.5 Å². The van der Waals surface area contributed by atoms with Crippen LogP contribution in [0.25, 0.3) is 16.8 Å². The number of hydrogen-bond donors (Lipinski definition) is 2. The molecule has 0 saturated carbocycles. The van der Waals surface area contributed by atoms with Crippen LogP contribution in [-0.2, 0) is 0 Å². The first-order chi connectivity index (χ1) is 14.4. The molecule has 6 nitrogen and oxygen atoms in total. The molecule has 1 aliphatic heterocycles. The van der Waals surface area contributed by atoms with Gasteiger partial charge in [-0.15, -0.1) is 11.3 Å². The molecule has 0 bridgehead atoms. The molecule has 154 valence electrons. The third-order valence-electron chi connectivity index (χ3n) is 5.37. The van der Waals surface area contributed by atoms with Crippen LogP contribution in [-0.4, -0.2) is 36.7 Å². The average molecular weight is 422 g/mol. The van der Waals surface area contributed by atoms with E-state index in [9.17, 15) is 5.11 Å². The zero-order valence-electron chi connectivity index (χ0n) is 17.3. The second kappa shape index (κ2) is 7.84. The van der Waals surface area contributed by atoms with Crippen LogP contribution in [0.2, 0.25) is 0 Å². The van der Waals surface area contributed by atoms with Gasteiger partial charge in [-0.3, -0.25) is 5.41 Å². The van der Waals surface area contributed by atoms with Crippen molar-refractivity contribution in [2.45, 2.75) is 13.8 Å². The van der Waals surface area contributed by atoms with Gasteiger partial charge in [-0.05, 0) is 43.2 Å². The molecule has 2 N–H and O–H groups in total. The number of thiazole rings is 1. The summed E-state index contributed by atoms with van der Waals surface area (Å²) in [5, 5.41) is 21.9. The van der Waals surface area contributed by atoms with Crippen molar-refractivity contribution in [1.82, 2.24) is 4.98 Å². The molecule has 3 aromatic rings. The summed E-state index contributed by atoms with van der Waals surface area (Å²) in [6.45, 7) is 4.34. The van der Waals surface area contributed by atoms with Crippen LogP contribution in [0.1, 0.15) is 16.1 Å². The Morgan fingerprint density at radius 2 is 1.93 bits per heavy atom. The lowest BCUT2D eigenvalue weighted by molar-refractivity contribution is 0.395. The predicted octanol–water partition coefficient (Wildman–Crippen LogP) is 5.21. The molecular formula is C23H23N3O3S. The smallest absolute Gasteiger partial charge is 0.139 e. The normalized spacial score (nSPS) is 13.9. The van der Waals surface area contributed by atoms with Crippen molar-refractivity contribution in [3.8, 4) is 22.8 Å². The third kappa shape index (κ3) is 3.31. The molecule has 0 fully saturated rings. The van der Waals surface area contributed by atoms with Crippen molar-refractivity contribution >= 4 is 28.4 Å². The maximum atomic E-state index is 10.7. The number of ether oxygens (including phenoxy) is 2. The number of aliphatic hydroxyl groups is 1. The minimum Gasteiger partial charge on any atom is -0.510 e. The van der Waals surface area contributed by atoms with E-state index < -0.39 is 0 Å². The molecule has 4 rings (SSSR count). The monoisotopic (exact) mass is 421 g/mol. The minimum absolute atomic E-state index is 0.156. The maximum absolute atomic E-state index is 10.7. The summed E-state index contributed by atoms with van der Waals surface area (Å²) in [5.74, 6) is 1.77. The number of nitrogens with one attached hydrogen (secondary N) is 1. The third-order valence-corrected chi connectivity index (χ3v) is 6.23. The first-order valence-electron chi connectivity index (χ1n) is 9.47. The van der Waals surface area contributed by atoms with Gasteiger partial charge in [0.2, 0.25) is 0 Å². The number of nitrogens with zero attached hydrogens (tertiary/aromatic N) is 2. The Balaban J connectivity index is 1.68. The van der Waals surface area contributed by atoms with Crippen molar-refractivity contribution in [3.63, 3.8) is 0 Å². The molecule has 0 radical (unpaired) electrons. The Hall–Kier alpha value is -3.32. The molecule has 1 aliphatic rings. The molecule has 0 saturated heterocycles. The highest BCUT2D eigenvalue weighted by Crippen LogP contribution is 2.38. The molecule has 0 amide bonds. The van der Waals surface area contributed by atoms with E-state index >= 15 is 0 Å². The van der Waals surface area contributed by atoms with Gasteiger partial charge < -0.3 is 19.5 Å². The summed E-state index contributed by atoms with van der Waals surface area (Å²) in [6.07, 6.45) is 0. The summed E-state index contributed by atoms with van der Waals surface area (Å²) in [4.78, 5) is 6.53. The van der Waals surface area contributed by atoms with Crippen molar-refractivity contribution in [2.24, 2.45) is 0 Å². The lowest BCUT2D eigenvalue weighted by Gasteiger charge is -2.21. The Labute approximate surface area is 179 Å². The number of hydrogen-bond acceptors (Lipinski definition) is 6. The fraction of sp³-hybridized carbons (Fsp3) is 0.217. The van der Waals surface area contributed by atoms with Crippen molar-refractivity contribution < 1.29 is 14.6 Å². The fourth-order valence-electron chi connectivity index (χ4n) is 3.56. The molecule has 0 unspecified atom stereocenters. The average Bonchev–Trinajstić information content (AvgIpc) is 3.33. The second-order valence-corrected chi connectivity index (χ2v) is 7.94. The van der Waals surface area contributed by atoms with E-state index in [1.165, 1.54) is 11.3 Å². The highest BCUT2D eigenvalue weighted by Gasteiger charge is 2.32. The van der Waals surface area contributed by atoms with Crippen molar-refractivity contribution in [2.75, 3.05) is 25.7 Å². The van der Waals surface area contributed by atoms with Gasteiger partial charge in [-0.1, -0.05) is 12.1 Å². The number of amidine groups is 1. The first kappa shape index (κ1) is 20.0. The second-order valence-electron chi connectivity index (χ2n) is 7.08. The molecule has 0 atom stereocenters. The molecule has 0 spiro atoms. The number of anilines is 1. The standard InChI is InChI=1S/C23H23N3O3S/c1-13-6-5-7-18(14(13)2)26-11-19(27)21(22(26)24)23-25-17(12-30-23)16-9-8-15(28-3)10-20(16)29-4/h5-10,12,24,27H,11H2,1-4H3. The van der Waals surface area contributed by atoms with E-state index in [1.54, 1.807) is 14.2 Å². The van der Waals surface area contributed by atoms with Crippen molar-refractivity contribution in [3.05, 3.63) is 63.7 Å². The van der Waals surface area contributed by atoms with E-state index in [2.05, 4.69) is 0 Å². The van der Waals surface area contributed by atoms with Crippen LogP contribution >= 0.6 is 11.3 Å². The van der Waals surface area contributed by atoms with Gasteiger partial charge in [0.25, 0.3) is 0 Å². The zero-order chi connectivity index (χ0) is 21.4. The highest BCUT2D eigenvalue weighted by atomic mass is 32.1. The van der Waals surface area contributed by atoms with Gasteiger partial charge in [0.1, 0.15) is 28.1 Å². The molecule has 2 heterocycles. The summed E-state index contributed by atoms with van der Waals surface area (Å²) in [5.41, 5.74) is 5.20. The van der Waals surface area contributed by atoms with E-state index in [4.69, 9.17) is 19.9 Å². The van der Waals surface area contributed by atoms with Crippen LogP contribution in [0.4, 0.5) is 5.69 Å². The first-order valence-corrected chi connectivity index (χ1v) is 10.4. The van der Waals surface area contributed by atoms with E-state index in [1.807, 2.05) is 60.5 Å². The fourth-order valence-corrected chi connectivity index (χ4v) is 4.45. The van der Waals surface area contributed by atoms with Crippen molar-refractivity contribution in [1.29, 1.82) is 5.41 Å². The van der Waals surface area contributed by atoms with E-state index in [0.717, 1.165) is 28.1 Å². The largest absolute Gasteiger partial charge is 0.510 e. The number of benzene rings is 2. The number of aryl methyl sites for hydroxylation is 1. The number of aliphatic hydroxyl groups excluding tert-OH is 1. The van der Waals surface area contributed by atoms with Gasteiger partial charge in [-0.25, -0.2) is 4.98 Å². The van der Waals surface area contributed by atoms with Crippen LogP contribution in [0.3, 0.4) is 0 Å². The van der Waals surface area contributed by atoms with Crippen LogP contribution in [0, 0.1) is 19.3 Å². The Morgan fingerprint density at radius 1 is 1.13 bits per heavy atom. The molecule has 7 heteroatoms. The van der Waals surface area contributed by atoms with Crippen LogP contribution in [0.5, 0.6) is 11.5 Å². The highest BCUT2D eigenvalue weighted by molar-refractivity contribution is 7.11. The van der Waals surface area contributed by atoms with E-state index in [0.29, 0.717) is 22.1 Å². The summed E-state index contributed by atoms with van der Waals surface area (Å²) in [6, 6.07) is 11.5. The quantitative estimate of drug-likeness (QED) is 0.591. The number of methoxy groups -OCH3 is 2. The molecular weight excluding hydrogens is 398 g/mol. The minimum atomic E-state index is 0.156. The van der Waals surface area contributed by atoms with Gasteiger partial charge in [0, 0.05) is 22.7 Å². The lowest BCUT2D eigenvalue weighted by Crippen LogP contribution is -2.27. The molecule has 1 aromatic heterocycles. The SMILES string of the molecule is COc1ccc(-c2csc(C3=C(O)CN(c4cccc(C)c4C)C3=N)n2)c(OC)c1. The number of aromatic nitrogens is 1. The van der Waals surface area contributed by atoms with Gasteiger partial charge >= 0.3 is 0 Å². The predicted molar refractivity (Wildman–Crippen MR) is 121 cm³/mol. The lowest BCUT2D eigenvalue weighted by atomic mass is 10.1. The zero-order valence-corrected chi connectivity index (χ0v) is 18.1.